The zero-order valence-electron chi connectivity index (χ0n) is 9.61. The normalized spacial score (nSPS) is 10.5. The van der Waals surface area contributed by atoms with E-state index < -0.39 is 0 Å². The molecule has 0 aromatic heterocycles. The van der Waals surface area contributed by atoms with Gasteiger partial charge in [0.1, 0.15) is 5.82 Å². The van der Waals surface area contributed by atoms with Crippen molar-refractivity contribution in [1.82, 2.24) is 0 Å². The lowest BCUT2D eigenvalue weighted by atomic mass is 10.2. The Morgan fingerprint density at radius 3 is 2.53 bits per heavy atom. The Balaban J connectivity index is 2.07. The van der Waals surface area contributed by atoms with E-state index in [0.717, 1.165) is 17.0 Å². The highest BCUT2D eigenvalue weighted by molar-refractivity contribution is 7.98. The number of rotatable bonds is 3. The SMILES string of the molecule is Cc1ccc(N)cc1SCc1ccc(F)cc1. The number of halogens is 1. The number of hydrogen-bond donors (Lipinski definition) is 1. The Kier molecular flexibility index (Phi) is 3.69. The largest absolute Gasteiger partial charge is 0.399 e. The number of anilines is 1. The van der Waals surface area contributed by atoms with Gasteiger partial charge in [0.2, 0.25) is 0 Å². The van der Waals surface area contributed by atoms with Gasteiger partial charge in [-0.2, -0.15) is 0 Å². The average molecular weight is 247 g/mol. The van der Waals surface area contributed by atoms with Crippen LogP contribution in [0.15, 0.2) is 47.4 Å². The summed E-state index contributed by atoms with van der Waals surface area (Å²) in [6.07, 6.45) is 0. The molecule has 0 fully saturated rings. The molecule has 1 nitrogen and oxygen atoms in total. The quantitative estimate of drug-likeness (QED) is 0.655. The number of aryl methyl sites for hydroxylation is 1. The van der Waals surface area contributed by atoms with Crippen LogP contribution >= 0.6 is 11.8 Å². The van der Waals surface area contributed by atoms with Crippen LogP contribution in [0, 0.1) is 12.7 Å². The molecule has 0 radical (unpaired) electrons. The van der Waals surface area contributed by atoms with Crippen LogP contribution in [0.25, 0.3) is 0 Å². The summed E-state index contributed by atoms with van der Waals surface area (Å²) in [6.45, 7) is 2.06. The molecule has 0 aliphatic carbocycles. The molecule has 0 spiro atoms. The first-order valence-electron chi connectivity index (χ1n) is 5.38. The van der Waals surface area contributed by atoms with Crippen molar-refractivity contribution in [2.45, 2.75) is 17.6 Å². The Hall–Kier alpha value is -1.48. The molecule has 0 unspecified atom stereocenters. The second-order valence-corrected chi connectivity index (χ2v) is 4.96. The highest BCUT2D eigenvalue weighted by Gasteiger charge is 2.01. The molecule has 2 N–H and O–H groups in total. The Labute approximate surface area is 105 Å². The van der Waals surface area contributed by atoms with Crippen LogP contribution in [0.5, 0.6) is 0 Å². The fraction of sp³-hybridized carbons (Fsp3) is 0.143. The van der Waals surface area contributed by atoms with Gasteiger partial charge in [-0.25, -0.2) is 4.39 Å². The van der Waals surface area contributed by atoms with E-state index in [9.17, 15) is 4.39 Å². The molecular formula is C14H14FNS. The van der Waals surface area contributed by atoms with E-state index in [4.69, 9.17) is 5.73 Å². The fourth-order valence-corrected chi connectivity index (χ4v) is 2.54. The molecule has 0 aliphatic heterocycles. The second-order valence-electron chi connectivity index (χ2n) is 3.94. The standard InChI is InChI=1S/C14H14FNS/c1-10-2-7-13(16)8-14(10)17-9-11-3-5-12(15)6-4-11/h2-8H,9,16H2,1H3. The van der Waals surface area contributed by atoms with Gasteiger partial charge in [0, 0.05) is 16.3 Å². The van der Waals surface area contributed by atoms with Gasteiger partial charge in [-0.3, -0.25) is 0 Å². The van der Waals surface area contributed by atoms with Gasteiger partial charge in [-0.1, -0.05) is 18.2 Å². The summed E-state index contributed by atoms with van der Waals surface area (Å²) in [5.41, 5.74) is 8.85. The predicted octanol–water partition coefficient (Wildman–Crippen LogP) is 4.01. The maximum absolute atomic E-state index is 12.7. The minimum Gasteiger partial charge on any atom is -0.399 e. The highest BCUT2D eigenvalue weighted by Crippen LogP contribution is 2.27. The van der Waals surface area contributed by atoms with E-state index in [2.05, 4.69) is 6.92 Å². The zero-order chi connectivity index (χ0) is 12.3. The average Bonchev–Trinajstić information content (AvgIpc) is 2.32. The maximum Gasteiger partial charge on any atom is 0.123 e. The maximum atomic E-state index is 12.7. The van der Waals surface area contributed by atoms with Gasteiger partial charge in [0.05, 0.1) is 0 Å². The molecule has 0 bridgehead atoms. The van der Waals surface area contributed by atoms with Gasteiger partial charge < -0.3 is 5.73 Å². The number of nitrogen functional groups attached to an aromatic ring is 1. The van der Waals surface area contributed by atoms with Gasteiger partial charge >= 0.3 is 0 Å². The monoisotopic (exact) mass is 247 g/mol. The molecule has 0 atom stereocenters. The Morgan fingerprint density at radius 2 is 1.82 bits per heavy atom. The lowest BCUT2D eigenvalue weighted by molar-refractivity contribution is 0.627. The smallest absolute Gasteiger partial charge is 0.123 e. The third kappa shape index (κ3) is 3.24. The van der Waals surface area contributed by atoms with Crippen molar-refractivity contribution in [3.8, 4) is 0 Å². The van der Waals surface area contributed by atoms with E-state index >= 15 is 0 Å². The van der Waals surface area contributed by atoms with Gasteiger partial charge in [-0.15, -0.1) is 11.8 Å². The van der Waals surface area contributed by atoms with Crippen molar-refractivity contribution < 1.29 is 4.39 Å². The molecule has 17 heavy (non-hydrogen) atoms. The van der Waals surface area contributed by atoms with Gasteiger partial charge in [-0.05, 0) is 42.3 Å². The van der Waals surface area contributed by atoms with Crippen LogP contribution in [0.3, 0.4) is 0 Å². The molecule has 2 aromatic carbocycles. The van der Waals surface area contributed by atoms with Crippen molar-refractivity contribution in [2.75, 3.05) is 5.73 Å². The first-order valence-corrected chi connectivity index (χ1v) is 6.37. The molecule has 88 valence electrons. The summed E-state index contributed by atoms with van der Waals surface area (Å²) in [5, 5.41) is 0. The van der Waals surface area contributed by atoms with Crippen molar-refractivity contribution in [2.24, 2.45) is 0 Å². The summed E-state index contributed by atoms with van der Waals surface area (Å²) in [7, 11) is 0. The third-order valence-corrected chi connectivity index (χ3v) is 3.75. The first kappa shape index (κ1) is 12.0. The minimum absolute atomic E-state index is 0.195. The Morgan fingerprint density at radius 1 is 1.12 bits per heavy atom. The van der Waals surface area contributed by atoms with E-state index in [0.29, 0.717) is 0 Å². The van der Waals surface area contributed by atoms with E-state index in [1.54, 1.807) is 11.8 Å². The topological polar surface area (TPSA) is 26.0 Å². The van der Waals surface area contributed by atoms with E-state index in [1.807, 2.05) is 30.3 Å². The van der Waals surface area contributed by atoms with E-state index in [1.165, 1.54) is 22.6 Å². The summed E-state index contributed by atoms with van der Waals surface area (Å²) >= 11 is 1.72. The molecule has 2 rings (SSSR count). The molecule has 0 saturated carbocycles. The molecule has 0 heterocycles. The lowest BCUT2D eigenvalue weighted by Crippen LogP contribution is -1.88. The second kappa shape index (κ2) is 5.23. The first-order chi connectivity index (χ1) is 8.15. The van der Waals surface area contributed by atoms with Crippen LogP contribution in [0.2, 0.25) is 0 Å². The van der Waals surface area contributed by atoms with Crippen LogP contribution in [0.4, 0.5) is 10.1 Å². The molecular weight excluding hydrogens is 233 g/mol. The van der Waals surface area contributed by atoms with Crippen molar-refractivity contribution in [1.29, 1.82) is 0 Å². The highest BCUT2D eigenvalue weighted by atomic mass is 32.2. The summed E-state index contributed by atoms with van der Waals surface area (Å²) in [5.74, 6) is 0.629. The van der Waals surface area contributed by atoms with Crippen LogP contribution in [0.1, 0.15) is 11.1 Å². The number of thioether (sulfide) groups is 1. The number of nitrogens with two attached hydrogens (primary N) is 1. The lowest BCUT2D eigenvalue weighted by Gasteiger charge is -2.06. The number of hydrogen-bond acceptors (Lipinski definition) is 2. The molecule has 3 heteroatoms. The zero-order valence-corrected chi connectivity index (χ0v) is 10.4. The fourth-order valence-electron chi connectivity index (χ4n) is 1.51. The Bertz CT molecular complexity index is 508. The molecule has 0 saturated heterocycles. The van der Waals surface area contributed by atoms with Gasteiger partial charge in [0.15, 0.2) is 0 Å². The molecule has 2 aromatic rings. The summed E-state index contributed by atoms with van der Waals surface area (Å²) < 4.78 is 12.7. The molecule has 0 aliphatic rings. The van der Waals surface area contributed by atoms with Crippen LogP contribution < -0.4 is 5.73 Å². The van der Waals surface area contributed by atoms with Crippen LogP contribution in [-0.2, 0) is 5.75 Å². The molecule has 0 amide bonds. The van der Waals surface area contributed by atoms with Crippen LogP contribution in [-0.4, -0.2) is 0 Å². The minimum atomic E-state index is -0.195. The third-order valence-electron chi connectivity index (χ3n) is 2.52. The predicted molar refractivity (Wildman–Crippen MR) is 71.6 cm³/mol. The van der Waals surface area contributed by atoms with E-state index in [-0.39, 0.29) is 5.82 Å². The van der Waals surface area contributed by atoms with Crippen molar-refractivity contribution in [3.05, 3.63) is 59.4 Å². The van der Waals surface area contributed by atoms with Gasteiger partial charge in [0.25, 0.3) is 0 Å². The van der Waals surface area contributed by atoms with Crippen molar-refractivity contribution in [3.63, 3.8) is 0 Å². The van der Waals surface area contributed by atoms with Crippen molar-refractivity contribution >= 4 is 17.4 Å². The summed E-state index contributed by atoms with van der Waals surface area (Å²) in [6, 6.07) is 12.5. The summed E-state index contributed by atoms with van der Waals surface area (Å²) in [4.78, 5) is 1.18. The number of benzene rings is 2.